The van der Waals surface area contributed by atoms with Crippen LogP contribution in [0.25, 0.3) is 21.8 Å². The Morgan fingerprint density at radius 2 is 1.17 bits per heavy atom. The minimum Gasteiger partial charge on any atom is -0.494 e. The Hall–Kier alpha value is -0.240. The highest BCUT2D eigenvalue weighted by Gasteiger charge is 2.23. The number of methoxy groups -OCH3 is 2. The Bertz CT molecular complexity index is 956. The van der Waals surface area contributed by atoms with Crippen LogP contribution in [0.3, 0.4) is 0 Å². The zero-order valence-electron chi connectivity index (χ0n) is 16.9. The summed E-state index contributed by atoms with van der Waals surface area (Å²) in [6.45, 7) is 3.20. The first kappa shape index (κ1) is 23.4. The molecule has 3 nitrogen and oxygen atoms in total. The largest absolute Gasteiger partial charge is 0.494 e. The standard InChI is InChI=1S/C22H25Br4NO2/c1-4-5-6-7-8-9-10-27-19-13(11-15(23)21(28-2)17(19)25)14-12-16(24)22(29-3)18(26)20(14)27/h11-12H,4-10H2,1-3H3. The fraction of sp³-hybridized carbons (Fsp3) is 0.455. The van der Waals surface area contributed by atoms with Crippen molar-refractivity contribution in [3.05, 3.63) is 30.0 Å². The number of unbranched alkanes of at least 4 members (excludes halogenated alkanes) is 5. The topological polar surface area (TPSA) is 23.4 Å². The van der Waals surface area contributed by atoms with E-state index in [4.69, 9.17) is 9.47 Å². The number of aromatic nitrogens is 1. The molecule has 7 heteroatoms. The molecule has 3 aromatic rings. The third kappa shape index (κ3) is 4.53. The molecular formula is C22H25Br4NO2. The molecule has 3 rings (SSSR count). The van der Waals surface area contributed by atoms with Crippen molar-refractivity contribution in [2.24, 2.45) is 0 Å². The summed E-state index contributed by atoms with van der Waals surface area (Å²) < 4.78 is 17.5. The van der Waals surface area contributed by atoms with E-state index < -0.39 is 0 Å². The van der Waals surface area contributed by atoms with Gasteiger partial charge >= 0.3 is 0 Å². The second kappa shape index (κ2) is 10.4. The smallest absolute Gasteiger partial charge is 0.149 e. The number of aryl methyl sites for hydroxylation is 1. The van der Waals surface area contributed by atoms with Crippen molar-refractivity contribution in [2.75, 3.05) is 14.2 Å². The van der Waals surface area contributed by atoms with Crippen LogP contribution in [0.4, 0.5) is 0 Å². The second-order valence-corrected chi connectivity index (χ2v) is 10.4. The number of hydrogen-bond acceptors (Lipinski definition) is 2. The molecule has 0 aliphatic heterocycles. The van der Waals surface area contributed by atoms with Crippen LogP contribution in [0.2, 0.25) is 0 Å². The maximum absolute atomic E-state index is 5.65. The van der Waals surface area contributed by atoms with Gasteiger partial charge in [-0.05, 0) is 82.3 Å². The molecule has 2 aromatic carbocycles. The number of fused-ring (bicyclic) bond motifs is 3. The second-order valence-electron chi connectivity index (χ2n) is 7.12. The van der Waals surface area contributed by atoms with Gasteiger partial charge in [0.1, 0.15) is 11.5 Å². The zero-order valence-corrected chi connectivity index (χ0v) is 23.2. The third-order valence-electron chi connectivity index (χ3n) is 5.27. The van der Waals surface area contributed by atoms with Crippen molar-refractivity contribution in [3.63, 3.8) is 0 Å². The minimum atomic E-state index is 0.812. The van der Waals surface area contributed by atoms with E-state index in [-0.39, 0.29) is 0 Å². The summed E-state index contributed by atoms with van der Waals surface area (Å²) in [5, 5.41) is 2.35. The quantitative estimate of drug-likeness (QED) is 0.215. The molecule has 0 N–H and O–H groups in total. The summed E-state index contributed by atoms with van der Waals surface area (Å²) in [6, 6.07) is 4.29. The first-order valence-electron chi connectivity index (χ1n) is 9.86. The van der Waals surface area contributed by atoms with E-state index >= 15 is 0 Å². The van der Waals surface area contributed by atoms with Crippen molar-refractivity contribution in [3.8, 4) is 11.5 Å². The van der Waals surface area contributed by atoms with E-state index in [2.05, 4.69) is 87.3 Å². The van der Waals surface area contributed by atoms with Crippen molar-refractivity contribution >= 4 is 85.5 Å². The Balaban J connectivity index is 2.18. The van der Waals surface area contributed by atoms with Crippen molar-refractivity contribution in [2.45, 2.75) is 52.0 Å². The van der Waals surface area contributed by atoms with E-state index in [1.54, 1.807) is 14.2 Å². The van der Waals surface area contributed by atoms with Crippen LogP contribution in [0.15, 0.2) is 30.0 Å². The molecule has 29 heavy (non-hydrogen) atoms. The molecule has 0 unspecified atom stereocenters. The molecule has 0 aliphatic rings. The average Bonchev–Trinajstić information content (AvgIpc) is 2.99. The Labute approximate surface area is 206 Å². The highest BCUT2D eigenvalue weighted by atomic mass is 79.9. The van der Waals surface area contributed by atoms with E-state index in [0.717, 1.165) is 53.4 Å². The monoisotopic (exact) mass is 651 g/mol. The SMILES string of the molecule is CCCCCCCCn1c2c(Br)c(OC)c(Br)cc2c2cc(Br)c(OC)c(Br)c21. The van der Waals surface area contributed by atoms with Gasteiger partial charge in [-0.25, -0.2) is 0 Å². The van der Waals surface area contributed by atoms with Crippen LogP contribution in [0.5, 0.6) is 11.5 Å². The molecule has 0 bridgehead atoms. The van der Waals surface area contributed by atoms with Gasteiger partial charge in [-0.15, -0.1) is 0 Å². The van der Waals surface area contributed by atoms with Gasteiger partial charge in [0.25, 0.3) is 0 Å². The van der Waals surface area contributed by atoms with E-state index in [0.29, 0.717) is 0 Å². The number of benzene rings is 2. The predicted molar refractivity (Wildman–Crippen MR) is 137 cm³/mol. The fourth-order valence-electron chi connectivity index (χ4n) is 3.88. The molecule has 1 aromatic heterocycles. The minimum absolute atomic E-state index is 0.812. The number of halogens is 4. The highest BCUT2D eigenvalue weighted by molar-refractivity contribution is 9.11. The van der Waals surface area contributed by atoms with Crippen molar-refractivity contribution < 1.29 is 9.47 Å². The molecule has 0 radical (unpaired) electrons. The van der Waals surface area contributed by atoms with Gasteiger partial charge in [0.15, 0.2) is 0 Å². The summed E-state index contributed by atoms with van der Waals surface area (Å²) >= 11 is 14.9. The predicted octanol–water partition coefficient (Wildman–Crippen LogP) is 9.22. The van der Waals surface area contributed by atoms with Crippen LogP contribution < -0.4 is 9.47 Å². The lowest BCUT2D eigenvalue weighted by Crippen LogP contribution is -2.00. The molecule has 0 fully saturated rings. The molecule has 0 saturated carbocycles. The first-order valence-corrected chi connectivity index (χ1v) is 13.0. The number of ether oxygens (including phenoxy) is 2. The summed E-state index contributed by atoms with van der Waals surface area (Å²) in [7, 11) is 3.40. The summed E-state index contributed by atoms with van der Waals surface area (Å²) in [5.41, 5.74) is 2.30. The molecular weight excluding hydrogens is 630 g/mol. The van der Waals surface area contributed by atoms with E-state index in [1.807, 2.05) is 0 Å². The molecule has 0 amide bonds. The van der Waals surface area contributed by atoms with Crippen molar-refractivity contribution in [1.82, 2.24) is 4.57 Å². The Morgan fingerprint density at radius 1 is 0.724 bits per heavy atom. The number of hydrogen-bond donors (Lipinski definition) is 0. The molecule has 0 aliphatic carbocycles. The van der Waals surface area contributed by atoms with Gasteiger partial charge in [0, 0.05) is 17.3 Å². The summed E-state index contributed by atoms with van der Waals surface area (Å²) in [5.74, 6) is 1.62. The lowest BCUT2D eigenvalue weighted by Gasteiger charge is -2.13. The lowest BCUT2D eigenvalue weighted by molar-refractivity contribution is 0.409. The lowest BCUT2D eigenvalue weighted by atomic mass is 10.1. The van der Waals surface area contributed by atoms with Crippen LogP contribution in [-0.4, -0.2) is 18.8 Å². The van der Waals surface area contributed by atoms with Gasteiger partial charge in [0.2, 0.25) is 0 Å². The average molecular weight is 655 g/mol. The zero-order chi connectivity index (χ0) is 21.1. The normalized spacial score (nSPS) is 11.6. The fourth-order valence-corrected chi connectivity index (χ4v) is 7.20. The van der Waals surface area contributed by atoms with Gasteiger partial charge in [-0.1, -0.05) is 39.0 Å². The van der Waals surface area contributed by atoms with Crippen molar-refractivity contribution in [1.29, 1.82) is 0 Å². The maximum Gasteiger partial charge on any atom is 0.149 e. The molecule has 1 heterocycles. The molecule has 0 atom stereocenters. The summed E-state index contributed by atoms with van der Waals surface area (Å²) in [6.07, 6.45) is 7.57. The van der Waals surface area contributed by atoms with Gasteiger partial charge < -0.3 is 14.0 Å². The van der Waals surface area contributed by atoms with E-state index in [9.17, 15) is 0 Å². The first-order chi connectivity index (χ1) is 14.0. The van der Waals surface area contributed by atoms with Crippen LogP contribution >= 0.6 is 63.7 Å². The van der Waals surface area contributed by atoms with Gasteiger partial charge in [0.05, 0.1) is 43.1 Å². The Kier molecular flexibility index (Phi) is 8.38. The highest BCUT2D eigenvalue weighted by Crippen LogP contribution is 2.48. The molecule has 158 valence electrons. The number of nitrogens with zero attached hydrogens (tertiary/aromatic N) is 1. The molecule has 0 saturated heterocycles. The number of rotatable bonds is 9. The van der Waals surface area contributed by atoms with Crippen LogP contribution in [0, 0.1) is 0 Å². The van der Waals surface area contributed by atoms with Gasteiger partial charge in [-0.2, -0.15) is 0 Å². The molecule has 0 spiro atoms. The summed E-state index contributed by atoms with van der Waals surface area (Å²) in [4.78, 5) is 0. The van der Waals surface area contributed by atoms with Gasteiger partial charge in [-0.3, -0.25) is 0 Å². The van der Waals surface area contributed by atoms with Crippen LogP contribution in [0.1, 0.15) is 45.4 Å². The van der Waals surface area contributed by atoms with Crippen LogP contribution in [-0.2, 0) is 6.54 Å². The third-order valence-corrected chi connectivity index (χ3v) is 7.92. The Morgan fingerprint density at radius 3 is 1.62 bits per heavy atom. The maximum atomic E-state index is 5.65. The van der Waals surface area contributed by atoms with E-state index in [1.165, 1.54) is 42.9 Å².